The Morgan fingerprint density at radius 2 is 2.46 bits per heavy atom. The Kier molecular flexibility index (Phi) is 2.20. The van der Waals surface area contributed by atoms with E-state index in [2.05, 4.69) is 9.97 Å². The predicted molar refractivity (Wildman–Crippen MR) is 51.5 cm³/mol. The number of pyridine rings is 1. The van der Waals surface area contributed by atoms with Crippen LogP contribution in [-0.2, 0) is 6.54 Å². The molecule has 0 aliphatic carbocycles. The predicted octanol–water partition coefficient (Wildman–Crippen LogP) is 1.40. The van der Waals surface area contributed by atoms with Crippen LogP contribution < -0.4 is 5.73 Å². The maximum Gasteiger partial charge on any atom is 0.258 e. The molecule has 2 rings (SSSR count). The molecular weight excluding hydrogens is 186 g/mol. The van der Waals surface area contributed by atoms with Crippen LogP contribution in [0.2, 0.25) is 0 Å². The van der Waals surface area contributed by atoms with E-state index in [9.17, 15) is 0 Å². The quantitative estimate of drug-likeness (QED) is 0.734. The van der Waals surface area contributed by atoms with Crippen LogP contribution in [0.15, 0.2) is 21.9 Å². The van der Waals surface area contributed by atoms with E-state index in [1.54, 1.807) is 6.20 Å². The van der Waals surface area contributed by atoms with E-state index in [0.717, 1.165) is 11.1 Å². The number of oxazole rings is 1. The second-order valence-electron chi connectivity index (χ2n) is 2.51. The topological polar surface area (TPSA) is 64.9 Å². The molecule has 2 heterocycles. The maximum absolute atomic E-state index is 5.55. The van der Waals surface area contributed by atoms with Crippen molar-refractivity contribution in [1.82, 2.24) is 9.97 Å². The van der Waals surface area contributed by atoms with E-state index in [1.165, 1.54) is 11.8 Å². The number of fused-ring (bicyclic) bond motifs is 1. The van der Waals surface area contributed by atoms with E-state index >= 15 is 0 Å². The number of nitrogens with two attached hydrogens (primary N) is 1. The van der Waals surface area contributed by atoms with Gasteiger partial charge in [0.1, 0.15) is 5.52 Å². The first-order valence-corrected chi connectivity index (χ1v) is 5.06. The van der Waals surface area contributed by atoms with Gasteiger partial charge >= 0.3 is 0 Å². The summed E-state index contributed by atoms with van der Waals surface area (Å²) in [5, 5.41) is 0.628. The van der Waals surface area contributed by atoms with E-state index in [0.29, 0.717) is 17.5 Å². The molecule has 0 spiro atoms. The van der Waals surface area contributed by atoms with Crippen molar-refractivity contribution < 1.29 is 4.42 Å². The molecule has 68 valence electrons. The molecule has 4 nitrogen and oxygen atoms in total. The van der Waals surface area contributed by atoms with Crippen LogP contribution in [0.4, 0.5) is 0 Å². The molecule has 0 radical (unpaired) electrons. The SMILES string of the molecule is CSc1nc2c(CN)ccnc2o1. The van der Waals surface area contributed by atoms with Gasteiger partial charge in [0.15, 0.2) is 0 Å². The van der Waals surface area contributed by atoms with Crippen molar-refractivity contribution >= 4 is 23.0 Å². The molecule has 2 aromatic heterocycles. The lowest BCUT2D eigenvalue weighted by Crippen LogP contribution is -1.97. The molecule has 0 saturated carbocycles. The average Bonchev–Trinajstić information content (AvgIpc) is 2.59. The molecule has 2 N–H and O–H groups in total. The highest BCUT2D eigenvalue weighted by molar-refractivity contribution is 7.98. The Morgan fingerprint density at radius 3 is 3.15 bits per heavy atom. The van der Waals surface area contributed by atoms with E-state index < -0.39 is 0 Å². The summed E-state index contributed by atoms with van der Waals surface area (Å²) in [4.78, 5) is 8.32. The third-order valence-corrected chi connectivity index (χ3v) is 2.28. The third-order valence-electron chi connectivity index (χ3n) is 1.76. The van der Waals surface area contributed by atoms with Gasteiger partial charge in [0.05, 0.1) is 0 Å². The first-order valence-electron chi connectivity index (χ1n) is 3.83. The minimum absolute atomic E-state index is 0.458. The summed E-state index contributed by atoms with van der Waals surface area (Å²) in [5.41, 5.74) is 7.85. The number of thioether (sulfide) groups is 1. The monoisotopic (exact) mass is 195 g/mol. The van der Waals surface area contributed by atoms with Crippen molar-refractivity contribution in [3.8, 4) is 0 Å². The van der Waals surface area contributed by atoms with Gasteiger partial charge in [0, 0.05) is 12.7 Å². The van der Waals surface area contributed by atoms with Crippen molar-refractivity contribution in [2.45, 2.75) is 11.8 Å². The maximum atomic E-state index is 5.55. The van der Waals surface area contributed by atoms with Gasteiger partial charge < -0.3 is 10.2 Å². The lowest BCUT2D eigenvalue weighted by Gasteiger charge is -1.93. The van der Waals surface area contributed by atoms with Crippen LogP contribution >= 0.6 is 11.8 Å². The van der Waals surface area contributed by atoms with Crippen LogP contribution in [-0.4, -0.2) is 16.2 Å². The van der Waals surface area contributed by atoms with Gasteiger partial charge in [-0.15, -0.1) is 0 Å². The Balaban J connectivity index is 2.67. The largest absolute Gasteiger partial charge is 0.412 e. The van der Waals surface area contributed by atoms with Gasteiger partial charge in [-0.3, -0.25) is 0 Å². The van der Waals surface area contributed by atoms with Crippen molar-refractivity contribution in [2.75, 3.05) is 6.26 Å². The van der Waals surface area contributed by atoms with Crippen LogP contribution in [0, 0.1) is 0 Å². The molecule has 0 saturated heterocycles. The minimum Gasteiger partial charge on any atom is -0.412 e. The summed E-state index contributed by atoms with van der Waals surface area (Å²) >= 11 is 1.46. The molecule has 0 unspecified atom stereocenters. The van der Waals surface area contributed by atoms with Crippen LogP contribution in [0.1, 0.15) is 5.56 Å². The third kappa shape index (κ3) is 1.40. The second kappa shape index (κ2) is 3.35. The van der Waals surface area contributed by atoms with Gasteiger partial charge in [-0.2, -0.15) is 0 Å². The molecule has 0 fully saturated rings. The fourth-order valence-electron chi connectivity index (χ4n) is 1.12. The highest BCUT2D eigenvalue weighted by atomic mass is 32.2. The fraction of sp³-hybridized carbons (Fsp3) is 0.250. The molecule has 2 aromatic rings. The van der Waals surface area contributed by atoms with Gasteiger partial charge in [-0.25, -0.2) is 9.97 Å². The number of hydrogen-bond donors (Lipinski definition) is 1. The summed E-state index contributed by atoms with van der Waals surface area (Å²) in [6, 6.07) is 1.86. The molecule has 0 bridgehead atoms. The van der Waals surface area contributed by atoms with Crippen molar-refractivity contribution in [2.24, 2.45) is 5.73 Å². The fourth-order valence-corrected chi connectivity index (χ4v) is 1.46. The summed E-state index contributed by atoms with van der Waals surface area (Å²) in [7, 11) is 0. The average molecular weight is 195 g/mol. The van der Waals surface area contributed by atoms with Gasteiger partial charge in [-0.1, -0.05) is 11.8 Å². The van der Waals surface area contributed by atoms with E-state index in [4.69, 9.17) is 10.2 Å². The Bertz CT molecular complexity index is 426. The van der Waals surface area contributed by atoms with Gasteiger partial charge in [0.2, 0.25) is 5.71 Å². The summed E-state index contributed by atoms with van der Waals surface area (Å²) in [6.45, 7) is 0.458. The minimum atomic E-state index is 0.458. The Morgan fingerprint density at radius 1 is 1.62 bits per heavy atom. The normalized spacial score (nSPS) is 10.9. The Labute approximate surface area is 79.5 Å². The van der Waals surface area contributed by atoms with Crippen LogP contribution in [0.25, 0.3) is 11.2 Å². The first-order chi connectivity index (χ1) is 6.35. The lowest BCUT2D eigenvalue weighted by atomic mass is 10.2. The molecule has 0 aliphatic rings. The number of rotatable bonds is 2. The standard InChI is InChI=1S/C8H9N3OS/c1-13-8-11-6-5(4-9)2-3-10-7(6)12-8/h2-3H,4,9H2,1H3. The van der Waals surface area contributed by atoms with E-state index in [-0.39, 0.29) is 0 Å². The Hall–Kier alpha value is -1.07. The molecular formula is C8H9N3OS. The van der Waals surface area contributed by atoms with E-state index in [1.807, 2.05) is 12.3 Å². The lowest BCUT2D eigenvalue weighted by molar-refractivity contribution is 0.482. The summed E-state index contributed by atoms with van der Waals surface area (Å²) < 4.78 is 5.34. The number of hydrogen-bond acceptors (Lipinski definition) is 5. The van der Waals surface area contributed by atoms with Crippen molar-refractivity contribution in [3.05, 3.63) is 17.8 Å². The highest BCUT2D eigenvalue weighted by Gasteiger charge is 2.08. The van der Waals surface area contributed by atoms with Crippen molar-refractivity contribution in [3.63, 3.8) is 0 Å². The number of nitrogens with zero attached hydrogens (tertiary/aromatic N) is 2. The smallest absolute Gasteiger partial charge is 0.258 e. The molecule has 0 atom stereocenters. The second-order valence-corrected chi connectivity index (χ2v) is 3.27. The summed E-state index contributed by atoms with van der Waals surface area (Å²) in [5.74, 6) is 0. The zero-order valence-corrected chi connectivity index (χ0v) is 7.97. The van der Waals surface area contributed by atoms with Gasteiger partial charge in [0.25, 0.3) is 5.22 Å². The highest BCUT2D eigenvalue weighted by Crippen LogP contribution is 2.21. The zero-order valence-electron chi connectivity index (χ0n) is 7.15. The van der Waals surface area contributed by atoms with Crippen molar-refractivity contribution in [1.29, 1.82) is 0 Å². The van der Waals surface area contributed by atoms with Gasteiger partial charge in [-0.05, 0) is 17.9 Å². The molecule has 13 heavy (non-hydrogen) atoms. The molecule has 5 heteroatoms. The summed E-state index contributed by atoms with van der Waals surface area (Å²) in [6.07, 6.45) is 3.59. The van der Waals surface area contributed by atoms with Crippen LogP contribution in [0.5, 0.6) is 0 Å². The first kappa shape index (κ1) is 8.52. The molecule has 0 amide bonds. The molecule has 0 aromatic carbocycles. The van der Waals surface area contributed by atoms with Crippen LogP contribution in [0.3, 0.4) is 0 Å². The number of aromatic nitrogens is 2. The zero-order chi connectivity index (χ0) is 9.26. The molecule has 0 aliphatic heterocycles.